The van der Waals surface area contributed by atoms with Crippen molar-refractivity contribution >= 4 is 34.9 Å². The number of rotatable bonds is 38. The lowest BCUT2D eigenvalue weighted by atomic mass is 10.0. The van der Waals surface area contributed by atoms with Gasteiger partial charge in [-0.25, -0.2) is 0 Å². The summed E-state index contributed by atoms with van der Waals surface area (Å²) in [4.78, 5) is 0. The average Bonchev–Trinajstić information content (AvgIpc) is 3.51. The Morgan fingerprint density at radius 2 is 0.511 bits per heavy atom. The largest absolute Gasteiger partial charge is 0.175 e. The maximum absolute atomic E-state index is 4.44. The van der Waals surface area contributed by atoms with Crippen LogP contribution in [0.4, 0.5) is 0 Å². The molecule has 0 saturated heterocycles. The smallest absolute Gasteiger partial charge is 0.131 e. The van der Waals surface area contributed by atoms with Crippen molar-refractivity contribution < 1.29 is 0 Å². The van der Waals surface area contributed by atoms with Gasteiger partial charge in [0.05, 0.1) is 0 Å². The van der Waals surface area contributed by atoms with Crippen LogP contribution in [0.1, 0.15) is 232 Å². The van der Waals surface area contributed by atoms with Gasteiger partial charge in [-0.15, -0.1) is 10.2 Å². The second-order valence-electron chi connectivity index (χ2n) is 13.8. The molecule has 1 aromatic rings. The molecule has 0 spiro atoms. The van der Waals surface area contributed by atoms with Crippen LogP contribution < -0.4 is 0 Å². The van der Waals surface area contributed by atoms with Crippen LogP contribution in [0.3, 0.4) is 0 Å². The Kier molecular flexibility index (Phi) is 35.7. The molecule has 1 rings (SSSR count). The molecule has 0 aliphatic rings. The van der Waals surface area contributed by atoms with E-state index in [0.717, 1.165) is 0 Å². The Labute approximate surface area is 296 Å². The summed E-state index contributed by atoms with van der Waals surface area (Å²) in [5.41, 5.74) is 0. The molecule has 266 valence electrons. The zero-order valence-electron chi connectivity index (χ0n) is 30.6. The monoisotopic (exact) mass is 683 g/mol. The number of hydrogen-bond acceptors (Lipinski definition) is 5. The molecule has 45 heavy (non-hydrogen) atoms. The standard InChI is InChI=1S/C40H78N2S3/c1-3-5-7-9-11-13-15-17-19-21-23-25-27-29-31-33-35-37-43-39-41-42-40(45-39)44-38-36-34-32-30-28-26-24-22-20-18-16-14-12-10-8-6-4-2/h3-38H2,1-2H3. The first-order valence-electron chi connectivity index (χ1n) is 20.5. The van der Waals surface area contributed by atoms with Crippen molar-refractivity contribution in [3.63, 3.8) is 0 Å². The first-order chi connectivity index (χ1) is 22.4. The molecule has 0 atom stereocenters. The highest BCUT2D eigenvalue weighted by molar-refractivity contribution is 8.03. The predicted molar refractivity (Wildman–Crippen MR) is 210 cm³/mol. The summed E-state index contributed by atoms with van der Waals surface area (Å²) in [6, 6.07) is 0. The van der Waals surface area contributed by atoms with Crippen molar-refractivity contribution in [2.24, 2.45) is 0 Å². The van der Waals surface area contributed by atoms with E-state index in [9.17, 15) is 0 Å². The maximum Gasteiger partial charge on any atom is 0.175 e. The molecule has 5 heteroatoms. The summed E-state index contributed by atoms with van der Waals surface area (Å²) >= 11 is 5.67. The topological polar surface area (TPSA) is 25.8 Å². The van der Waals surface area contributed by atoms with Gasteiger partial charge in [0.15, 0.2) is 8.68 Å². The van der Waals surface area contributed by atoms with Gasteiger partial charge < -0.3 is 0 Å². The van der Waals surface area contributed by atoms with Crippen molar-refractivity contribution in [1.82, 2.24) is 10.2 Å². The van der Waals surface area contributed by atoms with Crippen molar-refractivity contribution in [2.45, 2.75) is 241 Å². The molecule has 0 radical (unpaired) electrons. The molecular formula is C40H78N2S3. The Morgan fingerprint density at radius 3 is 0.733 bits per heavy atom. The number of nitrogens with zero attached hydrogens (tertiary/aromatic N) is 2. The van der Waals surface area contributed by atoms with E-state index < -0.39 is 0 Å². The van der Waals surface area contributed by atoms with E-state index >= 15 is 0 Å². The number of unbranched alkanes of at least 4 members (excludes halogenated alkanes) is 32. The summed E-state index contributed by atoms with van der Waals surface area (Å²) in [6.07, 6.45) is 48.9. The summed E-state index contributed by atoms with van der Waals surface area (Å²) in [6.45, 7) is 4.61. The van der Waals surface area contributed by atoms with Gasteiger partial charge in [0.2, 0.25) is 0 Å². The van der Waals surface area contributed by atoms with E-state index in [0.29, 0.717) is 0 Å². The van der Waals surface area contributed by atoms with Crippen molar-refractivity contribution in [2.75, 3.05) is 11.5 Å². The van der Waals surface area contributed by atoms with E-state index in [-0.39, 0.29) is 0 Å². The second kappa shape index (κ2) is 37.1. The Morgan fingerprint density at radius 1 is 0.311 bits per heavy atom. The third kappa shape index (κ3) is 32.6. The Balaban J connectivity index is 1.76. The van der Waals surface area contributed by atoms with Gasteiger partial charge in [-0.3, -0.25) is 0 Å². The molecule has 0 aliphatic carbocycles. The lowest BCUT2D eigenvalue weighted by Gasteiger charge is -2.03. The molecule has 2 nitrogen and oxygen atoms in total. The molecule has 0 unspecified atom stereocenters. The second-order valence-corrected chi connectivity index (χ2v) is 17.5. The highest BCUT2D eigenvalue weighted by Crippen LogP contribution is 2.30. The van der Waals surface area contributed by atoms with Crippen LogP contribution in [0.15, 0.2) is 8.68 Å². The van der Waals surface area contributed by atoms with Gasteiger partial charge in [0.25, 0.3) is 0 Å². The Bertz CT molecular complexity index is 626. The van der Waals surface area contributed by atoms with Gasteiger partial charge in [-0.2, -0.15) is 0 Å². The SMILES string of the molecule is CCCCCCCCCCCCCCCCCCCSc1nnc(SCCCCCCCCCCCCCCCCCCC)s1. The van der Waals surface area contributed by atoms with Crippen LogP contribution in [0.25, 0.3) is 0 Å². The number of aromatic nitrogens is 2. The third-order valence-electron chi connectivity index (χ3n) is 9.33. The molecule has 0 saturated carbocycles. The lowest BCUT2D eigenvalue weighted by Crippen LogP contribution is -1.85. The van der Waals surface area contributed by atoms with Crippen LogP contribution >= 0.6 is 34.9 Å². The van der Waals surface area contributed by atoms with E-state index in [4.69, 9.17) is 0 Å². The number of hydrogen-bond donors (Lipinski definition) is 0. The van der Waals surface area contributed by atoms with E-state index in [1.807, 2.05) is 34.9 Å². The van der Waals surface area contributed by atoms with Crippen LogP contribution in [-0.4, -0.2) is 21.7 Å². The van der Waals surface area contributed by atoms with E-state index in [1.165, 1.54) is 238 Å². The highest BCUT2D eigenvalue weighted by atomic mass is 32.2. The fourth-order valence-electron chi connectivity index (χ4n) is 6.29. The zero-order valence-corrected chi connectivity index (χ0v) is 33.0. The Hall–Kier alpha value is 0.260. The zero-order chi connectivity index (χ0) is 32.1. The van der Waals surface area contributed by atoms with Crippen molar-refractivity contribution in [3.05, 3.63) is 0 Å². The van der Waals surface area contributed by atoms with Gasteiger partial charge in [-0.1, -0.05) is 254 Å². The van der Waals surface area contributed by atoms with Gasteiger partial charge in [0.1, 0.15) is 0 Å². The molecule has 0 N–H and O–H groups in total. The van der Waals surface area contributed by atoms with Crippen LogP contribution in [0.5, 0.6) is 0 Å². The fourth-order valence-corrected chi connectivity index (χ4v) is 9.45. The molecule has 1 heterocycles. The molecule has 0 fully saturated rings. The van der Waals surface area contributed by atoms with Crippen LogP contribution in [0.2, 0.25) is 0 Å². The molecular weight excluding hydrogens is 605 g/mol. The summed E-state index contributed by atoms with van der Waals surface area (Å²) in [5.74, 6) is 2.41. The first kappa shape index (κ1) is 43.3. The van der Waals surface area contributed by atoms with Crippen LogP contribution in [-0.2, 0) is 0 Å². The van der Waals surface area contributed by atoms with Crippen molar-refractivity contribution in [3.8, 4) is 0 Å². The molecule has 0 bridgehead atoms. The molecule has 1 aromatic heterocycles. The fraction of sp³-hybridized carbons (Fsp3) is 0.950. The summed E-state index contributed by atoms with van der Waals surface area (Å²) in [7, 11) is 0. The van der Waals surface area contributed by atoms with Crippen LogP contribution in [0, 0.1) is 0 Å². The van der Waals surface area contributed by atoms with Crippen molar-refractivity contribution in [1.29, 1.82) is 0 Å². The third-order valence-corrected chi connectivity index (χ3v) is 12.7. The molecule has 0 aromatic carbocycles. The van der Waals surface area contributed by atoms with Gasteiger partial charge in [-0.05, 0) is 12.8 Å². The maximum atomic E-state index is 4.44. The minimum atomic E-state index is 1.18. The first-order valence-corrected chi connectivity index (χ1v) is 23.2. The summed E-state index contributed by atoms with van der Waals surface area (Å²) in [5, 5.41) is 8.88. The van der Waals surface area contributed by atoms with Gasteiger partial charge in [0, 0.05) is 11.5 Å². The predicted octanol–water partition coefficient (Wildman–Crippen LogP) is 16.0. The van der Waals surface area contributed by atoms with E-state index in [1.54, 1.807) is 0 Å². The lowest BCUT2D eigenvalue weighted by molar-refractivity contribution is 0.529. The average molecular weight is 683 g/mol. The highest BCUT2D eigenvalue weighted by Gasteiger charge is 2.05. The molecule has 0 aliphatic heterocycles. The minimum absolute atomic E-state index is 1.18. The normalized spacial score (nSPS) is 11.6. The summed E-state index contributed by atoms with van der Waals surface area (Å²) < 4.78 is 2.35. The van der Waals surface area contributed by atoms with Gasteiger partial charge >= 0.3 is 0 Å². The molecule has 0 amide bonds. The minimum Gasteiger partial charge on any atom is -0.131 e. The van der Waals surface area contributed by atoms with E-state index in [2.05, 4.69) is 24.0 Å². The quantitative estimate of drug-likeness (QED) is 0.0512. The number of thioether (sulfide) groups is 2.